The van der Waals surface area contributed by atoms with Gasteiger partial charge < -0.3 is 15.4 Å². The number of nitrogens with one attached hydrogen (secondary N) is 2. The van der Waals surface area contributed by atoms with Gasteiger partial charge in [-0.15, -0.1) is 0 Å². The van der Waals surface area contributed by atoms with Crippen molar-refractivity contribution in [3.63, 3.8) is 0 Å². The van der Waals surface area contributed by atoms with E-state index in [4.69, 9.17) is 4.74 Å². The Morgan fingerprint density at radius 3 is 2.42 bits per heavy atom. The molecule has 1 aliphatic carbocycles. The molecule has 0 saturated heterocycles. The molecule has 2 aromatic rings. The molecule has 0 bridgehead atoms. The molecule has 0 spiro atoms. The van der Waals surface area contributed by atoms with Crippen LogP contribution >= 0.6 is 0 Å². The zero-order valence-corrected chi connectivity index (χ0v) is 14.7. The van der Waals surface area contributed by atoms with Crippen molar-refractivity contribution >= 4 is 29.3 Å². The third-order valence-electron chi connectivity index (χ3n) is 3.96. The smallest absolute Gasteiger partial charge is 0.248 e. The predicted molar refractivity (Wildman–Crippen MR) is 103 cm³/mol. The fraction of sp³-hybridized carbons (Fsp3) is 0.238. The van der Waals surface area contributed by atoms with Gasteiger partial charge in [0, 0.05) is 23.4 Å². The average Bonchev–Trinajstić information content (AvgIpc) is 3.47. The molecular weight excluding hydrogens is 328 g/mol. The van der Waals surface area contributed by atoms with Crippen LogP contribution in [0.1, 0.15) is 25.3 Å². The third-order valence-corrected chi connectivity index (χ3v) is 3.96. The first-order valence-electron chi connectivity index (χ1n) is 8.77. The molecule has 1 aliphatic rings. The van der Waals surface area contributed by atoms with Gasteiger partial charge in [0.05, 0.1) is 6.61 Å². The summed E-state index contributed by atoms with van der Waals surface area (Å²) in [5.41, 5.74) is 2.24. The minimum Gasteiger partial charge on any atom is -0.494 e. The number of hydrogen-bond donors (Lipinski definition) is 2. The lowest BCUT2D eigenvalue weighted by Crippen LogP contribution is -2.14. The molecule has 0 aliphatic heterocycles. The molecule has 0 aromatic heterocycles. The first-order valence-corrected chi connectivity index (χ1v) is 8.77. The minimum atomic E-state index is -0.232. The standard InChI is InChI=1S/C21H22N2O3/c1-2-26-19-11-6-15(7-12-19)8-13-20(24)22-17-4-3-5-18(14-17)23-21(25)16-9-10-16/h3-8,11-14,16H,2,9-10H2,1H3,(H,22,24)(H,23,25)/b13-8+. The van der Waals surface area contributed by atoms with E-state index in [1.807, 2.05) is 37.3 Å². The quantitative estimate of drug-likeness (QED) is 0.739. The first-order chi connectivity index (χ1) is 12.6. The normalized spacial score (nSPS) is 13.4. The molecule has 5 nitrogen and oxygen atoms in total. The largest absolute Gasteiger partial charge is 0.494 e. The van der Waals surface area contributed by atoms with Crippen molar-refractivity contribution in [1.82, 2.24) is 0 Å². The molecule has 0 radical (unpaired) electrons. The van der Waals surface area contributed by atoms with Crippen LogP contribution in [0.3, 0.4) is 0 Å². The van der Waals surface area contributed by atoms with Crippen molar-refractivity contribution in [1.29, 1.82) is 0 Å². The van der Waals surface area contributed by atoms with E-state index in [9.17, 15) is 9.59 Å². The molecule has 2 aromatic carbocycles. The highest BCUT2D eigenvalue weighted by Gasteiger charge is 2.29. The van der Waals surface area contributed by atoms with E-state index in [0.29, 0.717) is 18.0 Å². The molecule has 0 heterocycles. The highest BCUT2D eigenvalue weighted by molar-refractivity contribution is 6.02. The maximum Gasteiger partial charge on any atom is 0.248 e. The molecule has 2 N–H and O–H groups in total. The van der Waals surface area contributed by atoms with E-state index in [2.05, 4.69) is 10.6 Å². The minimum absolute atomic E-state index is 0.0453. The summed E-state index contributed by atoms with van der Waals surface area (Å²) in [4.78, 5) is 23.9. The summed E-state index contributed by atoms with van der Waals surface area (Å²) in [6.07, 6.45) is 5.13. The monoisotopic (exact) mass is 350 g/mol. The van der Waals surface area contributed by atoms with Crippen LogP contribution in [0.5, 0.6) is 5.75 Å². The molecule has 3 rings (SSSR count). The molecule has 1 fully saturated rings. The van der Waals surface area contributed by atoms with E-state index >= 15 is 0 Å². The lowest BCUT2D eigenvalue weighted by atomic mass is 10.2. The lowest BCUT2D eigenvalue weighted by Gasteiger charge is -2.07. The van der Waals surface area contributed by atoms with E-state index < -0.39 is 0 Å². The summed E-state index contributed by atoms with van der Waals surface area (Å²) >= 11 is 0. The Hall–Kier alpha value is -3.08. The Labute approximate surface area is 153 Å². The second-order valence-electron chi connectivity index (χ2n) is 6.17. The zero-order chi connectivity index (χ0) is 18.4. The number of carbonyl (C=O) groups is 2. The van der Waals surface area contributed by atoms with Crippen molar-refractivity contribution in [2.45, 2.75) is 19.8 Å². The lowest BCUT2D eigenvalue weighted by molar-refractivity contribution is -0.117. The van der Waals surface area contributed by atoms with Crippen LogP contribution in [0.15, 0.2) is 54.6 Å². The van der Waals surface area contributed by atoms with Crippen molar-refractivity contribution in [3.8, 4) is 5.75 Å². The van der Waals surface area contributed by atoms with Crippen molar-refractivity contribution in [2.24, 2.45) is 5.92 Å². The summed E-state index contributed by atoms with van der Waals surface area (Å²) in [5, 5.41) is 5.67. The van der Waals surface area contributed by atoms with E-state index in [1.165, 1.54) is 6.08 Å². The van der Waals surface area contributed by atoms with Gasteiger partial charge in [-0.05, 0) is 61.7 Å². The highest BCUT2D eigenvalue weighted by atomic mass is 16.5. The summed E-state index contributed by atoms with van der Waals surface area (Å²) < 4.78 is 5.39. The van der Waals surface area contributed by atoms with Crippen LogP contribution in [0, 0.1) is 5.92 Å². The van der Waals surface area contributed by atoms with Gasteiger partial charge in [0.25, 0.3) is 0 Å². The molecular formula is C21H22N2O3. The highest BCUT2D eigenvalue weighted by Crippen LogP contribution is 2.30. The zero-order valence-electron chi connectivity index (χ0n) is 14.7. The van der Waals surface area contributed by atoms with Gasteiger partial charge in [0.1, 0.15) is 5.75 Å². The van der Waals surface area contributed by atoms with Gasteiger partial charge in [-0.3, -0.25) is 9.59 Å². The van der Waals surface area contributed by atoms with Crippen LogP contribution in [0.4, 0.5) is 11.4 Å². The predicted octanol–water partition coefficient (Wildman–Crippen LogP) is 4.09. The van der Waals surface area contributed by atoms with Gasteiger partial charge in [-0.25, -0.2) is 0 Å². The van der Waals surface area contributed by atoms with Crippen molar-refractivity contribution < 1.29 is 14.3 Å². The number of amides is 2. The number of hydrogen-bond acceptors (Lipinski definition) is 3. The van der Waals surface area contributed by atoms with Gasteiger partial charge in [0.15, 0.2) is 0 Å². The molecule has 134 valence electrons. The number of benzene rings is 2. The fourth-order valence-electron chi connectivity index (χ4n) is 2.46. The molecule has 0 unspecified atom stereocenters. The Bertz CT molecular complexity index is 808. The summed E-state index contributed by atoms with van der Waals surface area (Å²) in [7, 11) is 0. The SMILES string of the molecule is CCOc1ccc(/C=C/C(=O)Nc2cccc(NC(=O)C3CC3)c2)cc1. The Morgan fingerprint density at radius 1 is 1.08 bits per heavy atom. The van der Waals surface area contributed by atoms with Crippen LogP contribution in [0.2, 0.25) is 0 Å². The summed E-state index contributed by atoms with van der Waals surface area (Å²) in [6.45, 7) is 2.56. The summed E-state index contributed by atoms with van der Waals surface area (Å²) in [5.74, 6) is 0.762. The van der Waals surface area contributed by atoms with Gasteiger partial charge >= 0.3 is 0 Å². The van der Waals surface area contributed by atoms with E-state index in [0.717, 1.165) is 24.2 Å². The Morgan fingerprint density at radius 2 is 1.77 bits per heavy atom. The summed E-state index contributed by atoms with van der Waals surface area (Å²) in [6, 6.07) is 14.7. The van der Waals surface area contributed by atoms with Crippen LogP contribution < -0.4 is 15.4 Å². The molecule has 2 amide bonds. The number of carbonyl (C=O) groups excluding carboxylic acids is 2. The van der Waals surface area contributed by atoms with Gasteiger partial charge in [-0.2, -0.15) is 0 Å². The maximum absolute atomic E-state index is 12.1. The second-order valence-corrected chi connectivity index (χ2v) is 6.17. The Kier molecular flexibility index (Phi) is 5.69. The molecule has 5 heteroatoms. The first kappa shape index (κ1) is 17.7. The maximum atomic E-state index is 12.1. The van der Waals surface area contributed by atoms with Gasteiger partial charge in [0.2, 0.25) is 11.8 Å². The number of ether oxygens (including phenoxy) is 1. The van der Waals surface area contributed by atoms with Crippen molar-refractivity contribution in [3.05, 3.63) is 60.2 Å². The van der Waals surface area contributed by atoms with Crippen molar-refractivity contribution in [2.75, 3.05) is 17.2 Å². The van der Waals surface area contributed by atoms with Crippen LogP contribution in [0.25, 0.3) is 6.08 Å². The van der Waals surface area contributed by atoms with E-state index in [-0.39, 0.29) is 17.7 Å². The van der Waals surface area contributed by atoms with Crippen LogP contribution in [-0.4, -0.2) is 18.4 Å². The van der Waals surface area contributed by atoms with Crippen LogP contribution in [-0.2, 0) is 9.59 Å². The molecule has 0 atom stereocenters. The molecule has 26 heavy (non-hydrogen) atoms. The Balaban J connectivity index is 1.56. The molecule has 1 saturated carbocycles. The topological polar surface area (TPSA) is 67.4 Å². The third kappa shape index (κ3) is 5.21. The van der Waals surface area contributed by atoms with Gasteiger partial charge in [-0.1, -0.05) is 18.2 Å². The average molecular weight is 350 g/mol. The second kappa shape index (κ2) is 8.34. The number of rotatable bonds is 7. The van der Waals surface area contributed by atoms with E-state index in [1.54, 1.807) is 24.3 Å². The fourth-order valence-corrected chi connectivity index (χ4v) is 2.46. The number of anilines is 2.